The highest BCUT2D eigenvalue weighted by Gasteiger charge is 2.12. The van der Waals surface area contributed by atoms with Crippen LogP contribution >= 0.6 is 11.3 Å². The molecule has 0 aliphatic carbocycles. The van der Waals surface area contributed by atoms with Gasteiger partial charge in [0.05, 0.1) is 17.7 Å². The number of nitriles is 1. The molecule has 1 heterocycles. The zero-order valence-electron chi connectivity index (χ0n) is 11.9. The predicted molar refractivity (Wildman–Crippen MR) is 87.6 cm³/mol. The van der Waals surface area contributed by atoms with Crippen LogP contribution in [0.15, 0.2) is 41.8 Å². The van der Waals surface area contributed by atoms with E-state index in [0.717, 1.165) is 27.2 Å². The van der Waals surface area contributed by atoms with E-state index in [2.05, 4.69) is 28.7 Å². The standard InChI is InChI=1S/C17H15N3S/c1-11-10-21-17(19-11)12(2)20-16-8-7-13(9-18)14-5-3-4-6-15(14)16/h3-8,10,12,20H,1-2H3. The van der Waals surface area contributed by atoms with Crippen LogP contribution in [0.5, 0.6) is 0 Å². The second-order valence-corrected chi connectivity index (χ2v) is 5.90. The van der Waals surface area contributed by atoms with Crippen molar-refractivity contribution in [1.29, 1.82) is 5.26 Å². The van der Waals surface area contributed by atoms with Crippen molar-refractivity contribution in [2.24, 2.45) is 0 Å². The van der Waals surface area contributed by atoms with Gasteiger partial charge in [0.2, 0.25) is 0 Å². The first-order valence-electron chi connectivity index (χ1n) is 6.79. The summed E-state index contributed by atoms with van der Waals surface area (Å²) >= 11 is 1.66. The minimum Gasteiger partial charge on any atom is -0.376 e. The van der Waals surface area contributed by atoms with Crippen LogP contribution in [0.25, 0.3) is 10.8 Å². The van der Waals surface area contributed by atoms with Crippen LogP contribution in [0.3, 0.4) is 0 Å². The number of hydrogen-bond donors (Lipinski definition) is 1. The van der Waals surface area contributed by atoms with E-state index in [4.69, 9.17) is 0 Å². The van der Waals surface area contributed by atoms with E-state index in [1.807, 2.05) is 43.3 Å². The minimum atomic E-state index is 0.139. The first-order valence-corrected chi connectivity index (χ1v) is 7.67. The molecular weight excluding hydrogens is 278 g/mol. The molecule has 3 rings (SSSR count). The molecule has 1 unspecified atom stereocenters. The lowest BCUT2D eigenvalue weighted by molar-refractivity contribution is 0.866. The van der Waals surface area contributed by atoms with Gasteiger partial charge in [-0.2, -0.15) is 5.26 Å². The summed E-state index contributed by atoms with van der Waals surface area (Å²) in [5.74, 6) is 0. The lowest BCUT2D eigenvalue weighted by Crippen LogP contribution is -2.06. The van der Waals surface area contributed by atoms with E-state index in [9.17, 15) is 5.26 Å². The molecular formula is C17H15N3S. The second-order valence-electron chi connectivity index (χ2n) is 5.01. The average molecular weight is 293 g/mol. The Bertz CT molecular complexity index is 829. The number of benzene rings is 2. The first kappa shape index (κ1) is 13.6. The molecule has 0 fully saturated rings. The third-order valence-corrected chi connectivity index (χ3v) is 4.57. The third kappa shape index (κ3) is 2.61. The zero-order valence-corrected chi connectivity index (χ0v) is 12.7. The molecule has 0 amide bonds. The van der Waals surface area contributed by atoms with Crippen molar-refractivity contribution in [2.75, 3.05) is 5.32 Å². The molecule has 3 nitrogen and oxygen atoms in total. The molecule has 1 N–H and O–H groups in total. The van der Waals surface area contributed by atoms with Crippen LogP contribution in [-0.4, -0.2) is 4.98 Å². The number of aryl methyl sites for hydroxylation is 1. The molecule has 1 atom stereocenters. The van der Waals surface area contributed by atoms with Gasteiger partial charge in [0, 0.05) is 27.5 Å². The van der Waals surface area contributed by atoms with Crippen molar-refractivity contribution in [1.82, 2.24) is 4.98 Å². The Labute approximate surface area is 127 Å². The third-order valence-electron chi connectivity index (χ3n) is 3.42. The normalized spacial score (nSPS) is 12.0. The van der Waals surface area contributed by atoms with Crippen molar-refractivity contribution >= 4 is 27.8 Å². The van der Waals surface area contributed by atoms with Crippen LogP contribution in [-0.2, 0) is 0 Å². The number of aromatic nitrogens is 1. The van der Waals surface area contributed by atoms with Crippen LogP contribution in [0.2, 0.25) is 0 Å². The van der Waals surface area contributed by atoms with Gasteiger partial charge in [0.1, 0.15) is 5.01 Å². The summed E-state index contributed by atoms with van der Waals surface area (Å²) in [5, 5.41) is 17.9. The fourth-order valence-electron chi connectivity index (χ4n) is 2.39. The summed E-state index contributed by atoms with van der Waals surface area (Å²) in [6.45, 7) is 4.11. The van der Waals surface area contributed by atoms with Crippen LogP contribution in [0, 0.1) is 18.3 Å². The molecule has 104 valence electrons. The average Bonchev–Trinajstić information content (AvgIpc) is 2.94. The molecule has 0 aliphatic rings. The van der Waals surface area contributed by atoms with Crippen molar-refractivity contribution < 1.29 is 0 Å². The van der Waals surface area contributed by atoms with Gasteiger partial charge in [-0.25, -0.2) is 4.98 Å². The lowest BCUT2D eigenvalue weighted by atomic mass is 10.0. The minimum absolute atomic E-state index is 0.139. The maximum atomic E-state index is 9.21. The Kier molecular flexibility index (Phi) is 3.59. The van der Waals surface area contributed by atoms with Gasteiger partial charge >= 0.3 is 0 Å². The van der Waals surface area contributed by atoms with Crippen LogP contribution < -0.4 is 5.32 Å². The number of fused-ring (bicyclic) bond motifs is 1. The fourth-order valence-corrected chi connectivity index (χ4v) is 3.19. The summed E-state index contributed by atoms with van der Waals surface area (Å²) in [5.41, 5.74) is 2.78. The Morgan fingerprint density at radius 3 is 2.62 bits per heavy atom. The maximum absolute atomic E-state index is 9.21. The maximum Gasteiger partial charge on any atom is 0.115 e. The Balaban J connectivity index is 2.00. The summed E-state index contributed by atoms with van der Waals surface area (Å²) < 4.78 is 0. The molecule has 4 heteroatoms. The first-order chi connectivity index (χ1) is 10.2. The Hall–Kier alpha value is -2.38. The molecule has 3 aromatic rings. The topological polar surface area (TPSA) is 48.7 Å². The quantitative estimate of drug-likeness (QED) is 0.764. The van der Waals surface area contributed by atoms with Gasteiger partial charge in [-0.3, -0.25) is 0 Å². The van der Waals surface area contributed by atoms with Crippen molar-refractivity contribution in [3.05, 3.63) is 58.0 Å². The van der Waals surface area contributed by atoms with E-state index in [1.165, 1.54) is 0 Å². The van der Waals surface area contributed by atoms with Crippen LogP contribution in [0.4, 0.5) is 5.69 Å². The molecule has 0 bridgehead atoms. The van der Waals surface area contributed by atoms with Crippen LogP contribution in [0.1, 0.15) is 29.2 Å². The number of rotatable bonds is 3. The van der Waals surface area contributed by atoms with Gasteiger partial charge in [-0.05, 0) is 26.0 Å². The van der Waals surface area contributed by atoms with Gasteiger partial charge in [0.15, 0.2) is 0 Å². The summed E-state index contributed by atoms with van der Waals surface area (Å²) in [4.78, 5) is 4.52. The highest BCUT2D eigenvalue weighted by Crippen LogP contribution is 2.30. The molecule has 2 aromatic carbocycles. The number of anilines is 1. The van der Waals surface area contributed by atoms with Gasteiger partial charge in [-0.1, -0.05) is 24.3 Å². The largest absolute Gasteiger partial charge is 0.376 e. The van der Waals surface area contributed by atoms with Gasteiger partial charge < -0.3 is 5.32 Å². The predicted octanol–water partition coefficient (Wildman–Crippen LogP) is 4.65. The van der Waals surface area contributed by atoms with E-state index in [1.54, 1.807) is 11.3 Å². The summed E-state index contributed by atoms with van der Waals surface area (Å²) in [7, 11) is 0. The molecule has 1 aromatic heterocycles. The molecule has 0 radical (unpaired) electrons. The Morgan fingerprint density at radius 2 is 1.95 bits per heavy atom. The molecule has 0 spiro atoms. The van der Waals surface area contributed by atoms with Crippen molar-refractivity contribution in [3.63, 3.8) is 0 Å². The van der Waals surface area contributed by atoms with E-state index in [0.29, 0.717) is 5.56 Å². The highest BCUT2D eigenvalue weighted by molar-refractivity contribution is 7.09. The van der Waals surface area contributed by atoms with Gasteiger partial charge in [0.25, 0.3) is 0 Å². The van der Waals surface area contributed by atoms with E-state index in [-0.39, 0.29) is 6.04 Å². The number of thiazole rings is 1. The van der Waals surface area contributed by atoms with Gasteiger partial charge in [-0.15, -0.1) is 11.3 Å². The Morgan fingerprint density at radius 1 is 1.19 bits per heavy atom. The summed E-state index contributed by atoms with van der Waals surface area (Å²) in [6.07, 6.45) is 0. The molecule has 21 heavy (non-hydrogen) atoms. The fraction of sp³-hybridized carbons (Fsp3) is 0.176. The van der Waals surface area contributed by atoms with Crippen molar-refractivity contribution in [2.45, 2.75) is 19.9 Å². The number of hydrogen-bond acceptors (Lipinski definition) is 4. The van der Waals surface area contributed by atoms with E-state index < -0.39 is 0 Å². The molecule has 0 aliphatic heterocycles. The smallest absolute Gasteiger partial charge is 0.115 e. The SMILES string of the molecule is Cc1csc(C(C)Nc2ccc(C#N)c3ccccc23)n1. The molecule has 0 saturated carbocycles. The van der Waals surface area contributed by atoms with Crippen molar-refractivity contribution in [3.8, 4) is 6.07 Å². The lowest BCUT2D eigenvalue weighted by Gasteiger charge is -2.15. The zero-order chi connectivity index (χ0) is 14.8. The van der Waals surface area contributed by atoms with E-state index >= 15 is 0 Å². The second kappa shape index (κ2) is 5.55. The summed E-state index contributed by atoms with van der Waals surface area (Å²) in [6, 6.07) is 14.2. The monoisotopic (exact) mass is 293 g/mol. The number of nitrogens with one attached hydrogen (secondary N) is 1. The number of nitrogens with zero attached hydrogens (tertiary/aromatic N) is 2. The molecule has 0 saturated heterocycles. The highest BCUT2D eigenvalue weighted by atomic mass is 32.1.